The maximum absolute atomic E-state index is 9.82. The summed E-state index contributed by atoms with van der Waals surface area (Å²) in [5, 5.41) is 19.6. The van der Waals surface area contributed by atoms with E-state index in [2.05, 4.69) is 0 Å². The van der Waals surface area contributed by atoms with Crippen LogP contribution < -0.4 is 10.2 Å². The van der Waals surface area contributed by atoms with Crippen molar-refractivity contribution < 1.29 is 19.8 Å². The van der Waals surface area contributed by atoms with Crippen molar-refractivity contribution >= 4 is 35.8 Å². The SMILES string of the molecule is CCC(C)C(=O)[O-].CCC(C)C(=O)[O-].[SnH2+2]. The van der Waals surface area contributed by atoms with E-state index in [1.807, 2.05) is 13.8 Å². The van der Waals surface area contributed by atoms with Crippen LogP contribution in [-0.4, -0.2) is 35.8 Å². The van der Waals surface area contributed by atoms with E-state index in [0.29, 0.717) is 12.8 Å². The van der Waals surface area contributed by atoms with Gasteiger partial charge in [-0.3, -0.25) is 0 Å². The van der Waals surface area contributed by atoms with E-state index >= 15 is 0 Å². The first-order chi connectivity index (χ1) is 6.36. The van der Waals surface area contributed by atoms with E-state index in [9.17, 15) is 19.8 Å². The zero-order valence-corrected chi connectivity index (χ0v) is 13.9. The monoisotopic (exact) mass is 324 g/mol. The number of carbonyl (C=O) groups excluding carboxylic acids is 2. The molecule has 0 rings (SSSR count). The molecule has 0 aliphatic heterocycles. The molecule has 0 saturated carbocycles. The predicted octanol–water partition coefficient (Wildman–Crippen LogP) is -1.35. The normalized spacial score (nSPS) is 12.5. The Labute approximate surface area is 108 Å². The Balaban J connectivity index is -0.000000180. The molecule has 0 amide bonds. The fourth-order valence-electron chi connectivity index (χ4n) is 0.333. The Hall–Kier alpha value is -0.261. The molecule has 0 N–H and O–H groups in total. The van der Waals surface area contributed by atoms with E-state index in [4.69, 9.17) is 0 Å². The fraction of sp³-hybridized carbons (Fsp3) is 0.800. The first-order valence-corrected chi connectivity index (χ1v) is 4.78. The van der Waals surface area contributed by atoms with Crippen molar-refractivity contribution in [2.45, 2.75) is 40.5 Å². The van der Waals surface area contributed by atoms with Gasteiger partial charge < -0.3 is 19.8 Å². The van der Waals surface area contributed by atoms with Crippen LogP contribution in [0.2, 0.25) is 0 Å². The van der Waals surface area contributed by atoms with Crippen LogP contribution in [0.4, 0.5) is 0 Å². The molecule has 0 aromatic carbocycles. The molecule has 0 saturated heterocycles. The Morgan fingerprint density at radius 3 is 1.13 bits per heavy atom. The summed E-state index contributed by atoms with van der Waals surface area (Å²) in [6.07, 6.45) is 1.31. The second kappa shape index (κ2) is 11.8. The maximum atomic E-state index is 9.82. The molecular weight excluding hydrogens is 303 g/mol. The molecule has 0 aliphatic rings. The van der Waals surface area contributed by atoms with Crippen LogP contribution >= 0.6 is 0 Å². The number of hydrogen-bond donors (Lipinski definition) is 0. The minimum absolute atomic E-state index is 0. The summed E-state index contributed by atoms with van der Waals surface area (Å²) >= 11 is 0. The van der Waals surface area contributed by atoms with E-state index in [1.165, 1.54) is 0 Å². The summed E-state index contributed by atoms with van der Waals surface area (Å²) in [5.41, 5.74) is 0. The number of carbonyl (C=O) groups is 2. The van der Waals surface area contributed by atoms with Gasteiger partial charge in [-0.1, -0.05) is 27.7 Å². The van der Waals surface area contributed by atoms with Crippen LogP contribution in [0.15, 0.2) is 0 Å². The molecule has 0 fully saturated rings. The summed E-state index contributed by atoms with van der Waals surface area (Å²) in [4.78, 5) is 19.6. The third kappa shape index (κ3) is 13.7. The second-order valence-corrected chi connectivity index (χ2v) is 3.26. The van der Waals surface area contributed by atoms with Crippen molar-refractivity contribution in [3.63, 3.8) is 0 Å². The zero-order chi connectivity index (χ0) is 11.7. The molecule has 0 aliphatic carbocycles. The molecule has 4 nitrogen and oxygen atoms in total. The van der Waals surface area contributed by atoms with Crippen LogP contribution in [0.5, 0.6) is 0 Å². The van der Waals surface area contributed by atoms with Gasteiger partial charge in [-0.05, 0) is 24.7 Å². The van der Waals surface area contributed by atoms with Crippen LogP contribution in [0.3, 0.4) is 0 Å². The number of carboxylic acids is 2. The molecule has 0 heterocycles. The third-order valence-electron chi connectivity index (χ3n) is 2.03. The molecule has 88 valence electrons. The number of carboxylic acid groups (broad SMARTS) is 2. The van der Waals surface area contributed by atoms with Crippen molar-refractivity contribution in [3.8, 4) is 0 Å². The van der Waals surface area contributed by atoms with Crippen molar-refractivity contribution in [1.29, 1.82) is 0 Å². The fourth-order valence-corrected chi connectivity index (χ4v) is 0.333. The number of hydrogen-bond acceptors (Lipinski definition) is 4. The average Bonchev–Trinajstić information content (AvgIpc) is 2.15. The first-order valence-electron chi connectivity index (χ1n) is 4.78. The van der Waals surface area contributed by atoms with Gasteiger partial charge in [0.2, 0.25) is 0 Å². The van der Waals surface area contributed by atoms with Crippen molar-refractivity contribution in [2.75, 3.05) is 0 Å². The molecular formula is C10H20O4Sn. The topological polar surface area (TPSA) is 80.3 Å². The molecule has 2 atom stereocenters. The molecule has 0 aromatic heterocycles. The van der Waals surface area contributed by atoms with Crippen LogP contribution in [0.25, 0.3) is 0 Å². The Morgan fingerprint density at radius 1 is 0.933 bits per heavy atom. The van der Waals surface area contributed by atoms with E-state index in [1.54, 1.807) is 13.8 Å². The average molecular weight is 323 g/mol. The predicted molar refractivity (Wildman–Crippen MR) is 57.5 cm³/mol. The summed E-state index contributed by atoms with van der Waals surface area (Å²) < 4.78 is 0. The van der Waals surface area contributed by atoms with Crippen molar-refractivity contribution in [2.24, 2.45) is 11.8 Å². The Bertz CT molecular complexity index is 162. The Kier molecular flexibility index (Phi) is 15.9. The number of rotatable bonds is 4. The van der Waals surface area contributed by atoms with Gasteiger partial charge >= 0.3 is 23.9 Å². The molecule has 2 unspecified atom stereocenters. The number of aliphatic carboxylic acids is 2. The minimum atomic E-state index is -0.956. The first kappa shape index (κ1) is 20.2. The van der Waals surface area contributed by atoms with Crippen LogP contribution in [-0.2, 0) is 9.59 Å². The van der Waals surface area contributed by atoms with Gasteiger partial charge in [0.1, 0.15) is 0 Å². The molecule has 0 bridgehead atoms. The van der Waals surface area contributed by atoms with E-state index in [0.717, 1.165) is 0 Å². The molecule has 5 heteroatoms. The van der Waals surface area contributed by atoms with E-state index < -0.39 is 11.9 Å². The summed E-state index contributed by atoms with van der Waals surface area (Å²) in [7, 11) is 0. The van der Waals surface area contributed by atoms with Gasteiger partial charge in [-0.2, -0.15) is 0 Å². The summed E-state index contributed by atoms with van der Waals surface area (Å²) in [6.45, 7) is 6.91. The van der Waals surface area contributed by atoms with Gasteiger partial charge in [0.05, 0.1) is 0 Å². The van der Waals surface area contributed by atoms with Gasteiger partial charge in [-0.15, -0.1) is 0 Å². The third-order valence-corrected chi connectivity index (χ3v) is 2.03. The Morgan fingerprint density at radius 2 is 1.13 bits per heavy atom. The standard InChI is InChI=1S/2C5H10O2.Sn.2H/c2*1-3-4(2)5(6)7;;;/h2*4H,3H2,1-2H3,(H,6,7);;;/q;;+2;;/p-2. The van der Waals surface area contributed by atoms with Crippen molar-refractivity contribution in [3.05, 3.63) is 0 Å². The van der Waals surface area contributed by atoms with Crippen LogP contribution in [0.1, 0.15) is 40.5 Å². The van der Waals surface area contributed by atoms with Crippen LogP contribution in [0, 0.1) is 11.8 Å². The van der Waals surface area contributed by atoms with Gasteiger partial charge in [0.25, 0.3) is 0 Å². The molecule has 0 radical (unpaired) electrons. The molecule has 0 spiro atoms. The molecule has 15 heavy (non-hydrogen) atoms. The van der Waals surface area contributed by atoms with E-state index in [-0.39, 0.29) is 35.7 Å². The summed E-state index contributed by atoms with van der Waals surface area (Å²) in [5.74, 6) is -2.50. The summed E-state index contributed by atoms with van der Waals surface area (Å²) in [6, 6.07) is 0. The zero-order valence-electron chi connectivity index (χ0n) is 9.91. The van der Waals surface area contributed by atoms with Gasteiger partial charge in [0, 0.05) is 11.9 Å². The molecule has 0 aromatic rings. The van der Waals surface area contributed by atoms with Crippen molar-refractivity contribution in [1.82, 2.24) is 0 Å². The quantitative estimate of drug-likeness (QED) is 0.599. The van der Waals surface area contributed by atoms with Gasteiger partial charge in [-0.25, -0.2) is 0 Å². The van der Waals surface area contributed by atoms with Gasteiger partial charge in [0.15, 0.2) is 0 Å². The second-order valence-electron chi connectivity index (χ2n) is 3.26.